The number of hydrogen-bond donors (Lipinski definition) is 1. The highest BCUT2D eigenvalue weighted by Gasteiger charge is 2.17. The van der Waals surface area contributed by atoms with Gasteiger partial charge in [-0.05, 0) is 41.8 Å². The summed E-state index contributed by atoms with van der Waals surface area (Å²) in [5.74, 6) is 1.33. The number of ether oxygens (including phenoxy) is 3. The molecule has 8 heteroatoms. The molecule has 1 fully saturated rings. The van der Waals surface area contributed by atoms with E-state index in [-0.39, 0.29) is 6.10 Å². The Morgan fingerprint density at radius 3 is 2.88 bits per heavy atom. The van der Waals surface area contributed by atoms with E-state index in [1.807, 2.05) is 41.2 Å². The van der Waals surface area contributed by atoms with Crippen molar-refractivity contribution in [3.05, 3.63) is 54.5 Å². The molecule has 1 aromatic carbocycles. The maximum Gasteiger partial charge on any atom is 0.137 e. The molecule has 1 aliphatic rings. The highest BCUT2D eigenvalue weighted by Crippen LogP contribution is 2.29. The molecule has 0 spiro atoms. The van der Waals surface area contributed by atoms with Gasteiger partial charge in [-0.15, -0.1) is 0 Å². The Morgan fingerprint density at radius 2 is 2.06 bits per heavy atom. The van der Waals surface area contributed by atoms with Gasteiger partial charge in [-0.2, -0.15) is 10.4 Å². The van der Waals surface area contributed by atoms with Crippen LogP contribution >= 0.6 is 0 Å². The van der Waals surface area contributed by atoms with Crippen LogP contribution in [-0.4, -0.2) is 47.8 Å². The Labute approximate surface area is 187 Å². The molecule has 0 aliphatic carbocycles. The molecule has 8 nitrogen and oxygen atoms in total. The molecule has 0 unspecified atom stereocenters. The minimum absolute atomic E-state index is 0.0915. The van der Waals surface area contributed by atoms with Crippen LogP contribution in [0.25, 0.3) is 11.1 Å². The molecule has 0 radical (unpaired) electrons. The van der Waals surface area contributed by atoms with Gasteiger partial charge in [0.2, 0.25) is 0 Å². The zero-order chi connectivity index (χ0) is 22.2. The van der Waals surface area contributed by atoms with E-state index in [1.165, 1.54) is 0 Å². The van der Waals surface area contributed by atoms with E-state index in [0.717, 1.165) is 42.6 Å². The molecular weight excluding hydrogens is 406 g/mol. The van der Waals surface area contributed by atoms with Crippen LogP contribution in [0.2, 0.25) is 0 Å². The molecule has 0 atom stereocenters. The lowest BCUT2D eigenvalue weighted by Crippen LogP contribution is -2.26. The first-order chi connectivity index (χ1) is 15.7. The second-order valence-electron chi connectivity index (χ2n) is 7.65. The average Bonchev–Trinajstić information content (AvgIpc) is 3.27. The number of methoxy groups -OCH3 is 1. The summed E-state index contributed by atoms with van der Waals surface area (Å²) in [5, 5.41) is 17.3. The Balaban J connectivity index is 1.46. The van der Waals surface area contributed by atoms with Crippen molar-refractivity contribution in [2.24, 2.45) is 0 Å². The smallest absolute Gasteiger partial charge is 0.137 e. The summed E-state index contributed by atoms with van der Waals surface area (Å²) in [7, 11) is 1.70. The van der Waals surface area contributed by atoms with E-state index in [1.54, 1.807) is 19.5 Å². The lowest BCUT2D eigenvalue weighted by Gasteiger charge is -2.23. The predicted octanol–water partition coefficient (Wildman–Crippen LogP) is 4.15. The largest absolute Gasteiger partial charge is 0.489 e. The summed E-state index contributed by atoms with van der Waals surface area (Å²) < 4.78 is 18.4. The molecule has 32 heavy (non-hydrogen) atoms. The van der Waals surface area contributed by atoms with Gasteiger partial charge in [0.1, 0.15) is 23.7 Å². The standard InChI is InChI=1S/C24H27N5O3/c1-30-10-2-9-29-17-21(16-27-29)28-24-14-19(5-8-26-24)18-3-4-23(20(13-18)15-25)32-22-6-11-31-12-7-22/h3-5,8,13-14,16-17,22H,2,6-7,9-12H2,1H3,(H,26,28). The van der Waals surface area contributed by atoms with Crippen LogP contribution in [0.5, 0.6) is 5.75 Å². The number of aromatic nitrogens is 3. The Kier molecular flexibility index (Phi) is 7.33. The summed E-state index contributed by atoms with van der Waals surface area (Å²) >= 11 is 0. The fourth-order valence-electron chi connectivity index (χ4n) is 3.62. The number of nitrogens with zero attached hydrogens (tertiary/aromatic N) is 4. The number of hydrogen-bond acceptors (Lipinski definition) is 7. The molecular formula is C24H27N5O3. The molecule has 4 rings (SSSR count). The average molecular weight is 434 g/mol. The Morgan fingerprint density at radius 1 is 1.22 bits per heavy atom. The van der Waals surface area contributed by atoms with Crippen molar-refractivity contribution < 1.29 is 14.2 Å². The van der Waals surface area contributed by atoms with Gasteiger partial charge < -0.3 is 19.5 Å². The first-order valence-electron chi connectivity index (χ1n) is 10.8. The number of pyridine rings is 1. The lowest BCUT2D eigenvalue weighted by atomic mass is 10.0. The molecule has 3 aromatic rings. The van der Waals surface area contributed by atoms with E-state index < -0.39 is 0 Å². The van der Waals surface area contributed by atoms with E-state index >= 15 is 0 Å². The van der Waals surface area contributed by atoms with Gasteiger partial charge >= 0.3 is 0 Å². The van der Waals surface area contributed by atoms with Crippen molar-refractivity contribution in [1.29, 1.82) is 5.26 Å². The van der Waals surface area contributed by atoms with Crippen molar-refractivity contribution >= 4 is 11.5 Å². The highest BCUT2D eigenvalue weighted by atomic mass is 16.5. The fourth-order valence-corrected chi connectivity index (χ4v) is 3.62. The number of nitrogens with one attached hydrogen (secondary N) is 1. The van der Waals surface area contributed by atoms with E-state index in [2.05, 4.69) is 21.5 Å². The zero-order valence-corrected chi connectivity index (χ0v) is 18.2. The normalized spacial score (nSPS) is 14.1. The van der Waals surface area contributed by atoms with Gasteiger partial charge in [0.15, 0.2) is 0 Å². The second-order valence-corrected chi connectivity index (χ2v) is 7.65. The summed E-state index contributed by atoms with van der Waals surface area (Å²) in [5.41, 5.74) is 3.29. The monoisotopic (exact) mass is 433 g/mol. The third-order valence-electron chi connectivity index (χ3n) is 5.30. The minimum atomic E-state index is 0.0915. The summed E-state index contributed by atoms with van der Waals surface area (Å²) in [4.78, 5) is 4.41. The third kappa shape index (κ3) is 5.63. The molecule has 1 saturated heterocycles. The summed E-state index contributed by atoms with van der Waals surface area (Å²) in [6.45, 7) is 2.89. The third-order valence-corrected chi connectivity index (χ3v) is 5.30. The van der Waals surface area contributed by atoms with E-state index in [4.69, 9.17) is 14.2 Å². The lowest BCUT2D eigenvalue weighted by molar-refractivity contribution is 0.0254. The topological polar surface area (TPSA) is 94.2 Å². The quantitative estimate of drug-likeness (QED) is 0.507. The van der Waals surface area contributed by atoms with Crippen molar-refractivity contribution in [1.82, 2.24) is 14.8 Å². The van der Waals surface area contributed by atoms with Crippen LogP contribution in [0.3, 0.4) is 0 Å². The predicted molar refractivity (Wildman–Crippen MR) is 121 cm³/mol. The number of benzene rings is 1. The fraction of sp³-hybridized carbons (Fsp3) is 0.375. The molecule has 2 aromatic heterocycles. The molecule has 1 N–H and O–H groups in total. The van der Waals surface area contributed by atoms with Gasteiger partial charge in [0, 0.05) is 45.5 Å². The Bertz CT molecular complexity index is 1070. The maximum atomic E-state index is 9.65. The molecule has 3 heterocycles. The summed E-state index contributed by atoms with van der Waals surface area (Å²) in [6, 6.07) is 11.9. The van der Waals surface area contributed by atoms with E-state index in [0.29, 0.717) is 37.0 Å². The first-order valence-corrected chi connectivity index (χ1v) is 10.8. The molecule has 1 aliphatic heterocycles. The van der Waals surface area contributed by atoms with Crippen molar-refractivity contribution in [2.75, 3.05) is 32.2 Å². The maximum absolute atomic E-state index is 9.65. The van der Waals surface area contributed by atoms with Crippen LogP contribution in [0, 0.1) is 11.3 Å². The second kappa shape index (κ2) is 10.8. The van der Waals surface area contributed by atoms with Crippen LogP contribution < -0.4 is 10.1 Å². The molecule has 0 amide bonds. The van der Waals surface area contributed by atoms with Crippen LogP contribution in [0.1, 0.15) is 24.8 Å². The van der Waals surface area contributed by atoms with Gasteiger partial charge in [-0.1, -0.05) is 6.07 Å². The Hall–Kier alpha value is -3.41. The van der Waals surface area contributed by atoms with Gasteiger partial charge in [0.25, 0.3) is 0 Å². The van der Waals surface area contributed by atoms with Gasteiger partial charge in [-0.3, -0.25) is 4.68 Å². The van der Waals surface area contributed by atoms with Crippen molar-refractivity contribution in [2.45, 2.75) is 31.9 Å². The number of anilines is 2. The minimum Gasteiger partial charge on any atom is -0.489 e. The highest BCUT2D eigenvalue weighted by molar-refractivity contribution is 5.70. The number of rotatable bonds is 9. The molecule has 0 bridgehead atoms. The van der Waals surface area contributed by atoms with Crippen molar-refractivity contribution in [3.63, 3.8) is 0 Å². The van der Waals surface area contributed by atoms with Crippen molar-refractivity contribution in [3.8, 4) is 22.9 Å². The van der Waals surface area contributed by atoms with Crippen LogP contribution in [-0.2, 0) is 16.0 Å². The van der Waals surface area contributed by atoms with Crippen LogP contribution in [0.15, 0.2) is 48.9 Å². The first kappa shape index (κ1) is 21.8. The molecule has 0 saturated carbocycles. The van der Waals surface area contributed by atoms with E-state index in [9.17, 15) is 5.26 Å². The van der Waals surface area contributed by atoms with Crippen LogP contribution in [0.4, 0.5) is 11.5 Å². The summed E-state index contributed by atoms with van der Waals surface area (Å²) in [6.07, 6.45) is 8.15. The number of nitriles is 1. The zero-order valence-electron chi connectivity index (χ0n) is 18.2. The molecule has 166 valence electrons. The SMILES string of the molecule is COCCCn1cc(Nc2cc(-c3ccc(OC4CCOCC4)c(C#N)c3)ccn2)cn1. The van der Waals surface area contributed by atoms with Gasteiger partial charge in [0.05, 0.1) is 30.7 Å². The number of aryl methyl sites for hydroxylation is 1. The van der Waals surface area contributed by atoms with Gasteiger partial charge in [-0.25, -0.2) is 4.98 Å².